The number of hydrogen-bond donors (Lipinski definition) is 0. The van der Waals surface area contributed by atoms with Crippen LogP contribution in [0.25, 0.3) is 6.08 Å². The van der Waals surface area contributed by atoms with Crippen LogP contribution in [0.5, 0.6) is 0 Å². The zero-order valence-electron chi connectivity index (χ0n) is 15.3. The van der Waals surface area contributed by atoms with Gasteiger partial charge in [0.15, 0.2) is 0 Å². The maximum absolute atomic E-state index is 12.8. The normalized spacial score (nSPS) is 15.6. The van der Waals surface area contributed by atoms with Crippen LogP contribution in [-0.2, 0) is 14.8 Å². The third-order valence-electron chi connectivity index (χ3n) is 4.50. The monoisotopic (exact) mass is 435 g/mol. The molecule has 0 aliphatic carbocycles. The fraction of sp³-hybridized carbons (Fsp3) is 0.211. The molecule has 10 heteroatoms. The Labute approximate surface area is 173 Å². The molecule has 3 rings (SSSR count). The van der Waals surface area contributed by atoms with Gasteiger partial charge in [-0.3, -0.25) is 14.9 Å². The molecule has 1 fully saturated rings. The number of carbonyl (C=O) groups is 1. The van der Waals surface area contributed by atoms with E-state index < -0.39 is 14.9 Å². The van der Waals surface area contributed by atoms with Crippen molar-refractivity contribution in [3.8, 4) is 0 Å². The van der Waals surface area contributed by atoms with E-state index in [4.69, 9.17) is 11.6 Å². The third kappa shape index (κ3) is 5.00. The van der Waals surface area contributed by atoms with Gasteiger partial charge >= 0.3 is 0 Å². The van der Waals surface area contributed by atoms with Crippen molar-refractivity contribution in [2.75, 3.05) is 26.2 Å². The topological polar surface area (TPSA) is 101 Å². The van der Waals surface area contributed by atoms with Crippen LogP contribution in [0.3, 0.4) is 0 Å². The number of halogens is 1. The molecule has 1 heterocycles. The minimum absolute atomic E-state index is 0.117. The van der Waals surface area contributed by atoms with E-state index in [0.717, 1.165) is 11.6 Å². The van der Waals surface area contributed by atoms with Crippen molar-refractivity contribution in [2.24, 2.45) is 0 Å². The molecule has 1 saturated heterocycles. The Balaban J connectivity index is 1.63. The van der Waals surface area contributed by atoms with E-state index in [-0.39, 0.29) is 42.7 Å². The van der Waals surface area contributed by atoms with Crippen molar-refractivity contribution >= 4 is 39.3 Å². The van der Waals surface area contributed by atoms with Gasteiger partial charge in [0.1, 0.15) is 0 Å². The van der Waals surface area contributed by atoms with Crippen LogP contribution in [0.1, 0.15) is 5.56 Å². The molecule has 0 bridgehead atoms. The Hall–Kier alpha value is -2.75. The number of nitro benzene ring substituents is 1. The van der Waals surface area contributed by atoms with Crippen LogP contribution in [0.15, 0.2) is 59.5 Å². The number of amides is 1. The van der Waals surface area contributed by atoms with Gasteiger partial charge < -0.3 is 4.90 Å². The quantitative estimate of drug-likeness (QED) is 0.408. The average molecular weight is 436 g/mol. The lowest BCUT2D eigenvalue weighted by atomic mass is 10.2. The lowest BCUT2D eigenvalue weighted by Crippen LogP contribution is -2.50. The fourth-order valence-electron chi connectivity index (χ4n) is 2.90. The molecule has 0 unspecified atom stereocenters. The van der Waals surface area contributed by atoms with E-state index in [1.165, 1.54) is 28.6 Å². The lowest BCUT2D eigenvalue weighted by molar-refractivity contribution is -0.385. The number of non-ortho nitro benzene ring substituents is 1. The number of hydrogen-bond acceptors (Lipinski definition) is 5. The standard InChI is InChI=1S/C19H18ClN3O5S/c20-16-7-4-15(5-8-16)6-9-19(24)21-10-12-22(13-11-21)29(27,28)18-3-1-2-17(14-18)23(25)26/h1-9,14H,10-13H2/b9-6+. The summed E-state index contributed by atoms with van der Waals surface area (Å²) in [6.45, 7) is 0.701. The Morgan fingerprint density at radius 1 is 1.07 bits per heavy atom. The first-order valence-electron chi connectivity index (χ1n) is 8.74. The molecule has 0 N–H and O–H groups in total. The molecule has 0 saturated carbocycles. The van der Waals surface area contributed by atoms with Gasteiger partial charge in [0.2, 0.25) is 15.9 Å². The van der Waals surface area contributed by atoms with Gasteiger partial charge in [0, 0.05) is 49.4 Å². The summed E-state index contributed by atoms with van der Waals surface area (Å²) in [5, 5.41) is 11.5. The first kappa shape index (κ1) is 21.0. The predicted molar refractivity (Wildman–Crippen MR) is 109 cm³/mol. The number of benzene rings is 2. The Bertz CT molecular complexity index is 1050. The summed E-state index contributed by atoms with van der Waals surface area (Å²) in [5.41, 5.74) is 0.543. The Kier molecular flexibility index (Phi) is 6.31. The summed E-state index contributed by atoms with van der Waals surface area (Å²) in [4.78, 5) is 24.0. The van der Waals surface area contributed by atoms with Crippen molar-refractivity contribution < 1.29 is 18.1 Å². The average Bonchev–Trinajstić information content (AvgIpc) is 2.73. The van der Waals surface area contributed by atoms with Crippen LogP contribution in [0.4, 0.5) is 5.69 Å². The van der Waals surface area contributed by atoms with Crippen molar-refractivity contribution in [1.82, 2.24) is 9.21 Å². The van der Waals surface area contributed by atoms with E-state index in [2.05, 4.69) is 0 Å². The molecule has 2 aromatic rings. The summed E-state index contributed by atoms with van der Waals surface area (Å²) >= 11 is 5.83. The van der Waals surface area contributed by atoms with E-state index in [1.807, 2.05) is 0 Å². The number of piperazine rings is 1. The zero-order valence-corrected chi connectivity index (χ0v) is 16.8. The fourth-order valence-corrected chi connectivity index (χ4v) is 4.49. The molecule has 29 heavy (non-hydrogen) atoms. The molecular formula is C19H18ClN3O5S. The van der Waals surface area contributed by atoms with E-state index in [9.17, 15) is 23.3 Å². The second-order valence-electron chi connectivity index (χ2n) is 6.37. The highest BCUT2D eigenvalue weighted by molar-refractivity contribution is 7.89. The van der Waals surface area contributed by atoms with E-state index in [1.54, 1.807) is 35.2 Å². The van der Waals surface area contributed by atoms with Crippen molar-refractivity contribution in [3.63, 3.8) is 0 Å². The number of sulfonamides is 1. The molecule has 152 valence electrons. The van der Waals surface area contributed by atoms with Gasteiger partial charge in [-0.05, 0) is 29.8 Å². The number of nitrogens with zero attached hydrogens (tertiary/aromatic N) is 3. The summed E-state index contributed by atoms with van der Waals surface area (Å²) in [5.74, 6) is -0.215. The van der Waals surface area contributed by atoms with Gasteiger partial charge in [-0.25, -0.2) is 8.42 Å². The smallest absolute Gasteiger partial charge is 0.270 e. The molecule has 0 radical (unpaired) electrons. The zero-order chi connectivity index (χ0) is 21.0. The van der Waals surface area contributed by atoms with Crippen LogP contribution in [0, 0.1) is 10.1 Å². The molecule has 8 nitrogen and oxygen atoms in total. The first-order valence-corrected chi connectivity index (χ1v) is 10.6. The highest BCUT2D eigenvalue weighted by atomic mass is 35.5. The minimum atomic E-state index is -3.87. The molecule has 0 aromatic heterocycles. The van der Waals surface area contributed by atoms with Crippen molar-refractivity contribution in [3.05, 3.63) is 75.3 Å². The summed E-state index contributed by atoms with van der Waals surface area (Å²) in [6.07, 6.45) is 3.11. The van der Waals surface area contributed by atoms with Crippen LogP contribution in [0.2, 0.25) is 5.02 Å². The SMILES string of the molecule is O=C(/C=C/c1ccc(Cl)cc1)N1CCN(S(=O)(=O)c2cccc([N+](=O)[O-])c2)CC1. The second-order valence-corrected chi connectivity index (χ2v) is 8.74. The molecule has 0 spiro atoms. The number of rotatable bonds is 5. The largest absolute Gasteiger partial charge is 0.337 e. The molecule has 2 aromatic carbocycles. The molecule has 1 amide bonds. The molecular weight excluding hydrogens is 418 g/mol. The lowest BCUT2D eigenvalue weighted by Gasteiger charge is -2.33. The van der Waals surface area contributed by atoms with Crippen LogP contribution in [-0.4, -0.2) is 54.6 Å². The summed E-state index contributed by atoms with van der Waals surface area (Å²) < 4.78 is 26.7. The van der Waals surface area contributed by atoms with Crippen molar-refractivity contribution in [2.45, 2.75) is 4.90 Å². The maximum atomic E-state index is 12.8. The van der Waals surface area contributed by atoms with Crippen LogP contribution < -0.4 is 0 Å². The Morgan fingerprint density at radius 3 is 2.34 bits per heavy atom. The summed E-state index contributed by atoms with van der Waals surface area (Å²) in [7, 11) is -3.87. The molecule has 0 atom stereocenters. The summed E-state index contributed by atoms with van der Waals surface area (Å²) in [6, 6.07) is 12.0. The van der Waals surface area contributed by atoms with Gasteiger partial charge in [0.05, 0.1) is 9.82 Å². The second kappa shape index (κ2) is 8.73. The number of nitro groups is 1. The van der Waals surface area contributed by atoms with Gasteiger partial charge in [-0.15, -0.1) is 0 Å². The Morgan fingerprint density at radius 2 is 1.72 bits per heavy atom. The first-order chi connectivity index (χ1) is 13.8. The van der Waals surface area contributed by atoms with Crippen molar-refractivity contribution in [1.29, 1.82) is 0 Å². The predicted octanol–water partition coefficient (Wildman–Crippen LogP) is 2.79. The highest BCUT2D eigenvalue weighted by Crippen LogP contribution is 2.22. The van der Waals surface area contributed by atoms with E-state index >= 15 is 0 Å². The van der Waals surface area contributed by atoms with Gasteiger partial charge in [-0.1, -0.05) is 29.8 Å². The minimum Gasteiger partial charge on any atom is -0.337 e. The van der Waals surface area contributed by atoms with Gasteiger partial charge in [-0.2, -0.15) is 4.31 Å². The van der Waals surface area contributed by atoms with Gasteiger partial charge in [0.25, 0.3) is 5.69 Å². The highest BCUT2D eigenvalue weighted by Gasteiger charge is 2.30. The van der Waals surface area contributed by atoms with E-state index in [0.29, 0.717) is 5.02 Å². The number of carbonyl (C=O) groups excluding carboxylic acids is 1. The van der Waals surface area contributed by atoms with Crippen LogP contribution >= 0.6 is 11.6 Å². The molecule has 1 aliphatic rings. The molecule has 1 aliphatic heterocycles. The third-order valence-corrected chi connectivity index (χ3v) is 6.65. The maximum Gasteiger partial charge on any atom is 0.270 e.